The molecule has 1 atom stereocenters. The van der Waals surface area contributed by atoms with E-state index in [1.807, 2.05) is 0 Å². The number of nitrogens with two attached hydrogens (primary N) is 1. The number of hydrogen-bond donors (Lipinski definition) is 2. The number of para-hydroxylation sites is 1. The number of hydrogen-bond acceptors (Lipinski definition) is 3. The van der Waals surface area contributed by atoms with Gasteiger partial charge < -0.3 is 15.6 Å². The molecule has 3 N–H and O–H groups in total. The van der Waals surface area contributed by atoms with Crippen LogP contribution in [0.3, 0.4) is 0 Å². The molecule has 0 aliphatic heterocycles. The zero-order chi connectivity index (χ0) is 13.2. The molecular formula is C9H9ClF5NO2. The second-order valence-electron chi connectivity index (χ2n) is 3.10. The molecule has 0 unspecified atom stereocenters. The third-order valence-electron chi connectivity index (χ3n) is 1.89. The summed E-state index contributed by atoms with van der Waals surface area (Å²) >= 11 is 0. The smallest absolute Gasteiger partial charge is 0.504 e. The lowest BCUT2D eigenvalue weighted by Gasteiger charge is -2.16. The Morgan fingerprint density at radius 2 is 1.78 bits per heavy atom. The number of ether oxygens (including phenoxy) is 1. The van der Waals surface area contributed by atoms with Gasteiger partial charge in [-0.1, -0.05) is 12.1 Å². The van der Waals surface area contributed by atoms with Gasteiger partial charge in [0.25, 0.3) is 6.43 Å². The number of rotatable bonds is 3. The van der Waals surface area contributed by atoms with E-state index < -0.39 is 35.9 Å². The van der Waals surface area contributed by atoms with E-state index in [1.54, 1.807) is 0 Å². The summed E-state index contributed by atoms with van der Waals surface area (Å²) in [5.41, 5.74) is 4.51. The van der Waals surface area contributed by atoms with Crippen LogP contribution in [0.5, 0.6) is 11.5 Å². The first-order valence-corrected chi connectivity index (χ1v) is 4.33. The van der Waals surface area contributed by atoms with Crippen LogP contribution in [0.4, 0.5) is 22.0 Å². The van der Waals surface area contributed by atoms with Crippen molar-refractivity contribution >= 4 is 12.4 Å². The highest BCUT2D eigenvalue weighted by Crippen LogP contribution is 2.37. The van der Waals surface area contributed by atoms with Crippen molar-refractivity contribution in [3.8, 4) is 11.5 Å². The largest absolute Gasteiger partial charge is 0.573 e. The summed E-state index contributed by atoms with van der Waals surface area (Å²) in [6.45, 7) is 0. The molecule has 0 saturated carbocycles. The number of aromatic hydroxyl groups is 1. The van der Waals surface area contributed by atoms with E-state index in [9.17, 15) is 27.1 Å². The number of phenolic OH excluding ortho intramolecular Hbond substituents is 1. The van der Waals surface area contributed by atoms with E-state index in [0.717, 1.165) is 18.2 Å². The molecule has 18 heavy (non-hydrogen) atoms. The van der Waals surface area contributed by atoms with Crippen LogP contribution in [0.1, 0.15) is 11.6 Å². The topological polar surface area (TPSA) is 55.5 Å². The molecular weight excluding hydrogens is 285 g/mol. The van der Waals surface area contributed by atoms with Crippen molar-refractivity contribution < 1.29 is 31.8 Å². The monoisotopic (exact) mass is 293 g/mol. The first kappa shape index (κ1) is 16.7. The van der Waals surface area contributed by atoms with Gasteiger partial charge in [0.2, 0.25) is 0 Å². The third kappa shape index (κ3) is 4.19. The summed E-state index contributed by atoms with van der Waals surface area (Å²) < 4.78 is 63.7. The van der Waals surface area contributed by atoms with Gasteiger partial charge in [-0.15, -0.1) is 25.6 Å². The summed E-state index contributed by atoms with van der Waals surface area (Å²) in [5, 5.41) is 9.33. The normalized spacial score (nSPS) is 13.1. The van der Waals surface area contributed by atoms with E-state index in [0.29, 0.717) is 0 Å². The molecule has 0 aliphatic carbocycles. The molecule has 0 spiro atoms. The standard InChI is InChI=1S/C9H8F5NO2.ClH/c10-8(11)6(15)4-2-1-3-5(7(4)16)17-9(12,13)14;/h1-3,6,8,16H,15H2;1H/t6-;/m0./s1. The zero-order valence-electron chi connectivity index (χ0n) is 8.62. The van der Waals surface area contributed by atoms with Gasteiger partial charge in [-0.3, -0.25) is 0 Å². The first-order valence-electron chi connectivity index (χ1n) is 4.33. The van der Waals surface area contributed by atoms with Gasteiger partial charge in [0.1, 0.15) is 0 Å². The Kier molecular flexibility index (Phi) is 5.62. The molecule has 1 aromatic carbocycles. The minimum atomic E-state index is -5.02. The molecule has 0 radical (unpaired) electrons. The maximum atomic E-state index is 12.3. The van der Waals surface area contributed by atoms with Crippen LogP contribution in [-0.4, -0.2) is 17.9 Å². The highest BCUT2D eigenvalue weighted by Gasteiger charge is 2.33. The van der Waals surface area contributed by atoms with Gasteiger partial charge in [0, 0.05) is 5.56 Å². The Bertz CT molecular complexity index is 399. The van der Waals surface area contributed by atoms with Crippen molar-refractivity contribution in [2.75, 3.05) is 0 Å². The Morgan fingerprint density at radius 3 is 2.22 bits per heavy atom. The van der Waals surface area contributed by atoms with Crippen LogP contribution in [0.25, 0.3) is 0 Å². The van der Waals surface area contributed by atoms with Crippen LogP contribution >= 0.6 is 12.4 Å². The molecule has 9 heteroatoms. The van der Waals surface area contributed by atoms with Crippen LogP contribution in [0.2, 0.25) is 0 Å². The maximum absolute atomic E-state index is 12.3. The molecule has 0 aromatic heterocycles. The van der Waals surface area contributed by atoms with E-state index in [4.69, 9.17) is 5.73 Å². The minimum Gasteiger partial charge on any atom is -0.504 e. The van der Waals surface area contributed by atoms with Crippen LogP contribution < -0.4 is 10.5 Å². The second kappa shape index (κ2) is 6.05. The quantitative estimate of drug-likeness (QED) is 0.842. The average molecular weight is 294 g/mol. The Labute approximate surface area is 105 Å². The number of phenols is 1. The molecule has 0 bridgehead atoms. The van der Waals surface area contributed by atoms with E-state index in [-0.39, 0.29) is 12.4 Å². The molecule has 0 aliphatic rings. The van der Waals surface area contributed by atoms with Crippen molar-refractivity contribution in [2.24, 2.45) is 5.73 Å². The molecule has 0 amide bonds. The minimum absolute atomic E-state index is 0. The molecule has 1 aromatic rings. The SMILES string of the molecule is Cl.N[C@@H](c1cccc(OC(F)(F)F)c1O)C(F)F. The van der Waals surface area contributed by atoms with Crippen molar-refractivity contribution in [3.05, 3.63) is 23.8 Å². The summed E-state index contributed by atoms with van der Waals surface area (Å²) in [5.74, 6) is -2.01. The van der Waals surface area contributed by atoms with Crippen molar-refractivity contribution in [2.45, 2.75) is 18.8 Å². The maximum Gasteiger partial charge on any atom is 0.573 e. The fourth-order valence-corrected chi connectivity index (χ4v) is 1.15. The molecule has 1 rings (SSSR count). The Balaban J connectivity index is 0.00000289. The van der Waals surface area contributed by atoms with Crippen molar-refractivity contribution in [1.82, 2.24) is 0 Å². The lowest BCUT2D eigenvalue weighted by molar-refractivity contribution is -0.275. The fourth-order valence-electron chi connectivity index (χ4n) is 1.15. The molecule has 104 valence electrons. The molecule has 0 fully saturated rings. The first-order chi connectivity index (χ1) is 7.72. The van der Waals surface area contributed by atoms with E-state index in [1.165, 1.54) is 0 Å². The van der Waals surface area contributed by atoms with Gasteiger partial charge in [-0.2, -0.15) is 0 Å². The second-order valence-corrected chi connectivity index (χ2v) is 3.10. The van der Waals surface area contributed by atoms with E-state index in [2.05, 4.69) is 4.74 Å². The zero-order valence-corrected chi connectivity index (χ0v) is 9.43. The summed E-state index contributed by atoms with van der Waals surface area (Å²) in [6, 6.07) is 0.935. The van der Waals surface area contributed by atoms with Gasteiger partial charge in [-0.25, -0.2) is 8.78 Å². The van der Waals surface area contributed by atoms with Crippen molar-refractivity contribution in [1.29, 1.82) is 0 Å². The lowest BCUT2D eigenvalue weighted by atomic mass is 10.1. The molecule has 0 saturated heterocycles. The van der Waals surface area contributed by atoms with Gasteiger partial charge in [0.05, 0.1) is 6.04 Å². The third-order valence-corrected chi connectivity index (χ3v) is 1.89. The number of halogens is 6. The summed E-state index contributed by atoms with van der Waals surface area (Å²) in [6.07, 6.45) is -8.03. The summed E-state index contributed by atoms with van der Waals surface area (Å²) in [7, 11) is 0. The van der Waals surface area contributed by atoms with Gasteiger partial charge in [-0.05, 0) is 6.07 Å². The highest BCUT2D eigenvalue weighted by atomic mass is 35.5. The van der Waals surface area contributed by atoms with E-state index >= 15 is 0 Å². The van der Waals surface area contributed by atoms with Crippen LogP contribution in [-0.2, 0) is 0 Å². The molecule has 3 nitrogen and oxygen atoms in total. The average Bonchev–Trinajstić information content (AvgIpc) is 2.18. The van der Waals surface area contributed by atoms with Gasteiger partial charge >= 0.3 is 6.36 Å². The van der Waals surface area contributed by atoms with Crippen LogP contribution in [0, 0.1) is 0 Å². The highest BCUT2D eigenvalue weighted by molar-refractivity contribution is 5.85. The van der Waals surface area contributed by atoms with Crippen molar-refractivity contribution in [3.63, 3.8) is 0 Å². The van der Waals surface area contributed by atoms with Gasteiger partial charge in [0.15, 0.2) is 11.5 Å². The molecule has 0 heterocycles. The Morgan fingerprint density at radius 1 is 1.22 bits per heavy atom. The predicted molar refractivity (Wildman–Crippen MR) is 55.0 cm³/mol. The van der Waals surface area contributed by atoms with Crippen LogP contribution in [0.15, 0.2) is 18.2 Å². The fraction of sp³-hybridized carbons (Fsp3) is 0.333. The number of alkyl halides is 5. The predicted octanol–water partition coefficient (Wildman–Crippen LogP) is 2.98. The summed E-state index contributed by atoms with van der Waals surface area (Å²) in [4.78, 5) is 0. The number of benzene rings is 1. The lowest BCUT2D eigenvalue weighted by Crippen LogP contribution is -2.20. The Hall–Kier alpha value is -1.28.